The van der Waals surface area contributed by atoms with Gasteiger partial charge in [-0.25, -0.2) is 4.79 Å². The number of carbonyl (C=O) groups is 1. The van der Waals surface area contributed by atoms with E-state index in [1.807, 2.05) is 0 Å². The first-order valence-electron chi connectivity index (χ1n) is 7.47. The third-order valence-electron chi connectivity index (χ3n) is 3.95. The Kier molecular flexibility index (Phi) is 3.91. The highest BCUT2D eigenvalue weighted by Crippen LogP contribution is 2.23. The maximum atomic E-state index is 12.3. The van der Waals surface area contributed by atoms with E-state index < -0.39 is 17.2 Å². The summed E-state index contributed by atoms with van der Waals surface area (Å²) in [6, 6.07) is 6.97. The number of carbonyl (C=O) groups excluding carboxylic acids is 1. The fraction of sp³-hybridized carbons (Fsp3) is 0.250. The van der Waals surface area contributed by atoms with Gasteiger partial charge in [-0.2, -0.15) is 4.98 Å². The van der Waals surface area contributed by atoms with Crippen molar-refractivity contribution in [3.8, 4) is 11.8 Å². The first kappa shape index (κ1) is 16.5. The molecule has 0 bridgehead atoms. The van der Waals surface area contributed by atoms with Gasteiger partial charge in [0.25, 0.3) is 5.56 Å². The third-order valence-corrected chi connectivity index (χ3v) is 3.95. The minimum absolute atomic E-state index is 0.144. The number of benzene rings is 1. The number of nitrogens with zero attached hydrogens (tertiary/aromatic N) is 4. The summed E-state index contributed by atoms with van der Waals surface area (Å²) in [5.41, 5.74) is 5.53. The highest BCUT2D eigenvalue weighted by Gasteiger charge is 2.18. The largest absolute Gasteiger partial charge is 0.425 e. The molecule has 0 spiro atoms. The maximum absolute atomic E-state index is 12.3. The molecule has 0 saturated carbocycles. The van der Waals surface area contributed by atoms with Gasteiger partial charge in [0.2, 0.25) is 5.91 Å². The summed E-state index contributed by atoms with van der Waals surface area (Å²) in [4.78, 5) is 39.5. The molecule has 9 heteroatoms. The van der Waals surface area contributed by atoms with Crippen LogP contribution in [-0.4, -0.2) is 24.6 Å². The Hall–Kier alpha value is -3.36. The standard InChI is InChI=1S/C16H17N5O4/c1-19-12-13(20(2)16(24)21(3)14(12)23)18-15(19)25-10-6-4-9(5-7-10)8-11(17)22/h4-7H,8H2,1-3H3,(H2,17,22). The molecule has 0 atom stereocenters. The zero-order chi connectivity index (χ0) is 18.3. The summed E-state index contributed by atoms with van der Waals surface area (Å²) in [7, 11) is 4.59. The predicted molar refractivity (Wildman–Crippen MR) is 90.6 cm³/mol. The van der Waals surface area contributed by atoms with Gasteiger partial charge in [0.1, 0.15) is 5.75 Å². The second kappa shape index (κ2) is 5.93. The van der Waals surface area contributed by atoms with Gasteiger partial charge in [0, 0.05) is 21.1 Å². The van der Waals surface area contributed by atoms with Gasteiger partial charge >= 0.3 is 11.7 Å². The summed E-state index contributed by atoms with van der Waals surface area (Å²) < 4.78 is 9.52. The van der Waals surface area contributed by atoms with E-state index in [0.29, 0.717) is 5.75 Å². The molecule has 0 aliphatic rings. The van der Waals surface area contributed by atoms with Crippen LogP contribution in [0.5, 0.6) is 11.8 Å². The lowest BCUT2D eigenvalue weighted by Crippen LogP contribution is -2.37. The Morgan fingerprint density at radius 3 is 2.32 bits per heavy atom. The molecule has 25 heavy (non-hydrogen) atoms. The van der Waals surface area contributed by atoms with Crippen molar-refractivity contribution >= 4 is 17.1 Å². The molecule has 2 aromatic heterocycles. The Labute approximate surface area is 141 Å². The van der Waals surface area contributed by atoms with Crippen LogP contribution in [0.3, 0.4) is 0 Å². The molecule has 0 radical (unpaired) electrons. The maximum Gasteiger partial charge on any atom is 0.332 e. The second-order valence-corrected chi connectivity index (χ2v) is 5.72. The van der Waals surface area contributed by atoms with E-state index in [2.05, 4.69) is 4.98 Å². The molecule has 3 aromatic rings. The van der Waals surface area contributed by atoms with Crippen molar-refractivity contribution in [1.29, 1.82) is 0 Å². The molecular formula is C16H17N5O4. The van der Waals surface area contributed by atoms with Gasteiger partial charge in [0.05, 0.1) is 6.42 Å². The zero-order valence-corrected chi connectivity index (χ0v) is 14.0. The van der Waals surface area contributed by atoms with E-state index in [1.54, 1.807) is 38.4 Å². The lowest BCUT2D eigenvalue weighted by Gasteiger charge is -2.06. The van der Waals surface area contributed by atoms with Crippen LogP contribution in [-0.2, 0) is 32.4 Å². The van der Waals surface area contributed by atoms with Crippen LogP contribution in [0.1, 0.15) is 5.56 Å². The normalized spacial score (nSPS) is 11.0. The predicted octanol–water partition coefficient (Wildman–Crippen LogP) is -0.209. The topological polar surface area (TPSA) is 114 Å². The van der Waals surface area contributed by atoms with E-state index in [4.69, 9.17) is 10.5 Å². The minimum atomic E-state index is -0.460. The fourth-order valence-corrected chi connectivity index (χ4v) is 2.57. The summed E-state index contributed by atoms with van der Waals surface area (Å²) in [6.45, 7) is 0. The van der Waals surface area contributed by atoms with Gasteiger partial charge in [-0.15, -0.1) is 0 Å². The monoisotopic (exact) mass is 343 g/mol. The van der Waals surface area contributed by atoms with E-state index in [0.717, 1.165) is 10.1 Å². The summed E-state index contributed by atoms with van der Waals surface area (Å²) in [5.74, 6) is 0.0641. The van der Waals surface area contributed by atoms with Gasteiger partial charge in [0.15, 0.2) is 11.2 Å². The van der Waals surface area contributed by atoms with E-state index in [9.17, 15) is 14.4 Å². The van der Waals surface area contributed by atoms with Gasteiger partial charge in [-0.3, -0.25) is 23.3 Å². The molecule has 0 unspecified atom stereocenters. The van der Waals surface area contributed by atoms with Crippen molar-refractivity contribution in [2.45, 2.75) is 6.42 Å². The summed E-state index contributed by atoms with van der Waals surface area (Å²) in [5, 5.41) is 0. The molecule has 0 aliphatic carbocycles. The molecule has 2 heterocycles. The lowest BCUT2D eigenvalue weighted by atomic mass is 10.1. The number of hydrogen-bond acceptors (Lipinski definition) is 5. The average molecular weight is 343 g/mol. The number of hydrogen-bond donors (Lipinski definition) is 1. The number of aromatic nitrogens is 4. The first-order chi connectivity index (χ1) is 11.8. The summed E-state index contributed by atoms with van der Waals surface area (Å²) in [6.07, 6.45) is 0.144. The molecular weight excluding hydrogens is 326 g/mol. The van der Waals surface area contributed by atoms with Crippen LogP contribution < -0.4 is 21.7 Å². The minimum Gasteiger partial charge on any atom is -0.425 e. The molecule has 1 aromatic carbocycles. The average Bonchev–Trinajstić information content (AvgIpc) is 2.89. The molecule has 130 valence electrons. The fourth-order valence-electron chi connectivity index (χ4n) is 2.57. The Bertz CT molecular complexity index is 1090. The van der Waals surface area contributed by atoms with E-state index in [1.165, 1.54) is 16.2 Å². The number of amides is 1. The van der Waals surface area contributed by atoms with Crippen molar-refractivity contribution in [2.24, 2.45) is 26.9 Å². The Morgan fingerprint density at radius 2 is 1.72 bits per heavy atom. The Balaban J connectivity index is 2.03. The molecule has 0 fully saturated rings. The first-order valence-corrected chi connectivity index (χ1v) is 7.47. The van der Waals surface area contributed by atoms with Crippen molar-refractivity contribution < 1.29 is 9.53 Å². The number of primary amides is 1. The molecule has 2 N–H and O–H groups in total. The van der Waals surface area contributed by atoms with Gasteiger partial charge < -0.3 is 10.5 Å². The molecule has 0 aliphatic heterocycles. The van der Waals surface area contributed by atoms with Crippen LogP contribution >= 0.6 is 0 Å². The van der Waals surface area contributed by atoms with E-state index in [-0.39, 0.29) is 23.6 Å². The number of rotatable bonds is 4. The number of ether oxygens (including phenoxy) is 1. The highest BCUT2D eigenvalue weighted by molar-refractivity contribution is 5.76. The number of nitrogens with two attached hydrogens (primary N) is 1. The smallest absolute Gasteiger partial charge is 0.332 e. The number of fused-ring (bicyclic) bond motifs is 1. The van der Waals surface area contributed by atoms with Gasteiger partial charge in [-0.05, 0) is 17.7 Å². The molecule has 1 amide bonds. The highest BCUT2D eigenvalue weighted by atomic mass is 16.5. The van der Waals surface area contributed by atoms with Crippen molar-refractivity contribution in [1.82, 2.24) is 18.7 Å². The van der Waals surface area contributed by atoms with Crippen LogP contribution in [0.4, 0.5) is 0 Å². The third kappa shape index (κ3) is 2.80. The van der Waals surface area contributed by atoms with Crippen LogP contribution in [0.25, 0.3) is 11.2 Å². The zero-order valence-electron chi connectivity index (χ0n) is 14.0. The molecule has 3 rings (SSSR count). The SMILES string of the molecule is Cn1c(=O)c2c(nc(Oc3ccc(CC(N)=O)cc3)n2C)n(C)c1=O. The van der Waals surface area contributed by atoms with Crippen LogP contribution in [0.15, 0.2) is 33.9 Å². The number of aryl methyl sites for hydroxylation is 2. The number of imidazole rings is 1. The summed E-state index contributed by atoms with van der Waals surface area (Å²) >= 11 is 0. The molecule has 0 saturated heterocycles. The van der Waals surface area contributed by atoms with Crippen molar-refractivity contribution in [2.75, 3.05) is 0 Å². The van der Waals surface area contributed by atoms with Crippen molar-refractivity contribution in [3.05, 3.63) is 50.7 Å². The van der Waals surface area contributed by atoms with Crippen molar-refractivity contribution in [3.63, 3.8) is 0 Å². The van der Waals surface area contributed by atoms with E-state index >= 15 is 0 Å². The van der Waals surface area contributed by atoms with Crippen LogP contribution in [0, 0.1) is 0 Å². The molecule has 9 nitrogen and oxygen atoms in total. The lowest BCUT2D eigenvalue weighted by molar-refractivity contribution is -0.117. The second-order valence-electron chi connectivity index (χ2n) is 5.72. The van der Waals surface area contributed by atoms with Crippen LogP contribution in [0.2, 0.25) is 0 Å². The van der Waals surface area contributed by atoms with Gasteiger partial charge in [-0.1, -0.05) is 12.1 Å². The Morgan fingerprint density at radius 1 is 1.08 bits per heavy atom. The quantitative estimate of drug-likeness (QED) is 0.704.